The first-order chi connectivity index (χ1) is 8.11. The third-order valence-electron chi connectivity index (χ3n) is 2.65. The molecule has 0 aliphatic heterocycles. The van der Waals surface area contributed by atoms with Gasteiger partial charge in [0.25, 0.3) is 0 Å². The van der Waals surface area contributed by atoms with Crippen molar-refractivity contribution < 1.29 is 9.21 Å². The molecule has 0 N–H and O–H groups in total. The number of benzene rings is 1. The molecule has 1 heterocycles. The normalized spacial score (nSPS) is 10.5. The minimum Gasteiger partial charge on any atom is -0.458 e. The van der Waals surface area contributed by atoms with E-state index >= 15 is 0 Å². The van der Waals surface area contributed by atoms with Crippen molar-refractivity contribution in [3.05, 3.63) is 58.0 Å². The maximum absolute atomic E-state index is 12.1. The summed E-state index contributed by atoms with van der Waals surface area (Å²) in [7, 11) is 0. The molecule has 0 bridgehead atoms. The van der Waals surface area contributed by atoms with Crippen molar-refractivity contribution in [1.29, 1.82) is 0 Å². The van der Waals surface area contributed by atoms with Crippen molar-refractivity contribution in [1.82, 2.24) is 0 Å². The minimum absolute atomic E-state index is 0.107. The highest BCUT2D eigenvalue weighted by Crippen LogP contribution is 2.19. The molecule has 0 fully saturated rings. The maximum Gasteiger partial charge on any atom is 0.228 e. The second-order valence-electron chi connectivity index (χ2n) is 3.91. The van der Waals surface area contributed by atoms with E-state index in [1.807, 2.05) is 19.9 Å². The minimum atomic E-state index is -0.107. The lowest BCUT2D eigenvalue weighted by Crippen LogP contribution is -1.99. The van der Waals surface area contributed by atoms with E-state index in [1.165, 1.54) is 0 Å². The molecule has 0 atom stereocenters. The Morgan fingerprint density at radius 2 is 2.06 bits per heavy atom. The third-order valence-corrected chi connectivity index (χ3v) is 3.08. The Morgan fingerprint density at radius 3 is 2.65 bits per heavy atom. The summed E-state index contributed by atoms with van der Waals surface area (Å²) in [5, 5.41) is 0.662. The Morgan fingerprint density at radius 1 is 1.29 bits per heavy atom. The van der Waals surface area contributed by atoms with Crippen LogP contribution < -0.4 is 0 Å². The van der Waals surface area contributed by atoms with Gasteiger partial charge in [-0.1, -0.05) is 18.5 Å². The summed E-state index contributed by atoms with van der Waals surface area (Å²) in [6.07, 6.45) is 0.785. The summed E-state index contributed by atoms with van der Waals surface area (Å²) in [6, 6.07) is 8.76. The summed E-state index contributed by atoms with van der Waals surface area (Å²) in [5.41, 5.74) is 1.49. The molecular weight excluding hydrogens is 236 g/mol. The number of hydrogen-bond donors (Lipinski definition) is 0. The fourth-order valence-corrected chi connectivity index (χ4v) is 1.74. The molecule has 0 radical (unpaired) electrons. The number of rotatable bonds is 3. The van der Waals surface area contributed by atoms with Crippen LogP contribution in [0.1, 0.15) is 34.4 Å². The van der Waals surface area contributed by atoms with Gasteiger partial charge in [0.05, 0.1) is 0 Å². The molecule has 17 heavy (non-hydrogen) atoms. The highest BCUT2D eigenvalue weighted by Gasteiger charge is 2.13. The Labute approximate surface area is 105 Å². The molecule has 0 amide bonds. The van der Waals surface area contributed by atoms with Crippen LogP contribution in [0.15, 0.2) is 34.7 Å². The molecule has 0 aliphatic rings. The maximum atomic E-state index is 12.1. The number of furan rings is 1. The Balaban J connectivity index is 2.33. The van der Waals surface area contributed by atoms with Gasteiger partial charge in [0, 0.05) is 17.0 Å². The van der Waals surface area contributed by atoms with Gasteiger partial charge in [0.2, 0.25) is 5.78 Å². The lowest BCUT2D eigenvalue weighted by atomic mass is 10.1. The first-order valence-corrected chi connectivity index (χ1v) is 5.89. The summed E-state index contributed by atoms with van der Waals surface area (Å²) in [5.74, 6) is 1.09. The fourth-order valence-electron chi connectivity index (χ4n) is 1.62. The van der Waals surface area contributed by atoms with Crippen molar-refractivity contribution >= 4 is 17.4 Å². The first kappa shape index (κ1) is 11.9. The van der Waals surface area contributed by atoms with E-state index in [0.29, 0.717) is 16.3 Å². The summed E-state index contributed by atoms with van der Waals surface area (Å²) in [6.45, 7) is 3.86. The van der Waals surface area contributed by atoms with Crippen LogP contribution in [0.4, 0.5) is 0 Å². The van der Waals surface area contributed by atoms with E-state index in [9.17, 15) is 4.79 Å². The van der Waals surface area contributed by atoms with E-state index in [1.54, 1.807) is 24.3 Å². The smallest absolute Gasteiger partial charge is 0.228 e. The molecular formula is C14H13ClO2. The Bertz CT molecular complexity index is 555. The molecule has 0 saturated heterocycles. The van der Waals surface area contributed by atoms with Crippen molar-refractivity contribution in [3.8, 4) is 0 Å². The molecule has 0 spiro atoms. The van der Waals surface area contributed by atoms with E-state index < -0.39 is 0 Å². The van der Waals surface area contributed by atoms with Crippen LogP contribution >= 0.6 is 11.6 Å². The topological polar surface area (TPSA) is 30.2 Å². The summed E-state index contributed by atoms with van der Waals surface area (Å²) >= 11 is 5.92. The lowest BCUT2D eigenvalue weighted by molar-refractivity contribution is 0.101. The summed E-state index contributed by atoms with van der Waals surface area (Å²) < 4.78 is 5.44. The molecule has 0 aliphatic carbocycles. The number of hydrogen-bond acceptors (Lipinski definition) is 2. The second kappa shape index (κ2) is 4.76. The average molecular weight is 249 g/mol. The quantitative estimate of drug-likeness (QED) is 0.768. The van der Waals surface area contributed by atoms with E-state index in [-0.39, 0.29) is 5.78 Å². The van der Waals surface area contributed by atoms with Crippen LogP contribution in [-0.2, 0) is 6.42 Å². The molecule has 2 nitrogen and oxygen atoms in total. The van der Waals surface area contributed by atoms with Gasteiger partial charge in [-0.25, -0.2) is 0 Å². The van der Waals surface area contributed by atoms with Crippen molar-refractivity contribution in [2.24, 2.45) is 0 Å². The molecule has 0 saturated carbocycles. The molecule has 3 heteroatoms. The van der Waals surface area contributed by atoms with Gasteiger partial charge in [0.15, 0.2) is 5.76 Å². The van der Waals surface area contributed by atoms with Gasteiger partial charge >= 0.3 is 0 Å². The van der Waals surface area contributed by atoms with Gasteiger partial charge in [-0.05, 0) is 42.8 Å². The predicted molar refractivity (Wildman–Crippen MR) is 67.7 cm³/mol. The van der Waals surface area contributed by atoms with Crippen LogP contribution in [-0.4, -0.2) is 5.78 Å². The highest BCUT2D eigenvalue weighted by molar-refractivity contribution is 6.31. The molecule has 1 aromatic carbocycles. The van der Waals surface area contributed by atoms with Crippen LogP contribution in [0.25, 0.3) is 0 Å². The van der Waals surface area contributed by atoms with Gasteiger partial charge < -0.3 is 4.42 Å². The highest BCUT2D eigenvalue weighted by atomic mass is 35.5. The predicted octanol–water partition coefficient (Wildman–Crippen LogP) is 4.03. The lowest BCUT2D eigenvalue weighted by Gasteiger charge is -2.01. The number of carbonyl (C=O) groups is 1. The third kappa shape index (κ3) is 2.42. The summed E-state index contributed by atoms with van der Waals surface area (Å²) in [4.78, 5) is 12.1. The van der Waals surface area contributed by atoms with E-state index in [4.69, 9.17) is 16.0 Å². The van der Waals surface area contributed by atoms with Gasteiger partial charge in [-0.15, -0.1) is 0 Å². The zero-order chi connectivity index (χ0) is 12.4. The zero-order valence-corrected chi connectivity index (χ0v) is 10.5. The first-order valence-electron chi connectivity index (χ1n) is 5.51. The number of ketones is 1. The van der Waals surface area contributed by atoms with Crippen molar-refractivity contribution in [2.45, 2.75) is 20.3 Å². The van der Waals surface area contributed by atoms with Crippen LogP contribution in [0.5, 0.6) is 0 Å². The van der Waals surface area contributed by atoms with Gasteiger partial charge in [-0.3, -0.25) is 4.79 Å². The Hall–Kier alpha value is -1.54. The standard InChI is InChI=1S/C14H13ClO2/c1-3-11-5-7-13(17-11)14(16)10-4-6-12(15)9(2)8-10/h4-8H,3H2,1-2H3. The molecule has 88 valence electrons. The number of carbonyl (C=O) groups excluding carboxylic acids is 1. The van der Waals surface area contributed by atoms with Gasteiger partial charge in [-0.2, -0.15) is 0 Å². The SMILES string of the molecule is CCc1ccc(C(=O)c2ccc(Cl)c(C)c2)o1. The Kier molecular flexibility index (Phi) is 3.34. The van der Waals surface area contributed by atoms with Gasteiger partial charge in [0.1, 0.15) is 5.76 Å². The number of aryl methyl sites for hydroxylation is 2. The molecule has 1 aromatic heterocycles. The van der Waals surface area contributed by atoms with Crippen molar-refractivity contribution in [2.75, 3.05) is 0 Å². The van der Waals surface area contributed by atoms with Crippen LogP contribution in [0, 0.1) is 6.92 Å². The van der Waals surface area contributed by atoms with Crippen molar-refractivity contribution in [3.63, 3.8) is 0 Å². The van der Waals surface area contributed by atoms with Crippen LogP contribution in [0.3, 0.4) is 0 Å². The largest absolute Gasteiger partial charge is 0.458 e. The fraction of sp³-hybridized carbons (Fsp3) is 0.214. The molecule has 2 rings (SSSR count). The molecule has 2 aromatic rings. The monoisotopic (exact) mass is 248 g/mol. The van der Waals surface area contributed by atoms with E-state index in [2.05, 4.69) is 0 Å². The van der Waals surface area contributed by atoms with E-state index in [0.717, 1.165) is 17.7 Å². The molecule has 0 unspecified atom stereocenters. The van der Waals surface area contributed by atoms with Crippen LogP contribution in [0.2, 0.25) is 5.02 Å². The second-order valence-corrected chi connectivity index (χ2v) is 4.32. The average Bonchev–Trinajstić information content (AvgIpc) is 2.80. The number of halogens is 1. The zero-order valence-electron chi connectivity index (χ0n) is 9.79.